The second-order valence-corrected chi connectivity index (χ2v) is 8.76. The molecule has 0 spiro atoms. The monoisotopic (exact) mass is 462 g/mol. The first-order valence-electron chi connectivity index (χ1n) is 9.85. The quantitative estimate of drug-likeness (QED) is 0.253. The average molecular weight is 463 g/mol. The van der Waals surface area contributed by atoms with Gasteiger partial charge in [-0.15, -0.1) is 22.7 Å². The zero-order valence-electron chi connectivity index (χ0n) is 17.1. The Morgan fingerprint density at radius 1 is 0.812 bits per heavy atom. The molecule has 6 nitrogen and oxygen atoms in total. The van der Waals surface area contributed by atoms with Gasteiger partial charge < -0.3 is 21.3 Å². The van der Waals surface area contributed by atoms with Crippen LogP contribution < -0.4 is 16.2 Å². The molecule has 5 N–H and O–H groups in total. The minimum absolute atomic E-state index is 0.0845. The van der Waals surface area contributed by atoms with Gasteiger partial charge in [-0.2, -0.15) is 0 Å². The van der Waals surface area contributed by atoms with E-state index in [4.69, 9.17) is 16.2 Å². The van der Waals surface area contributed by atoms with Gasteiger partial charge in [0, 0.05) is 6.07 Å². The summed E-state index contributed by atoms with van der Waals surface area (Å²) in [5.41, 5.74) is 14.2. The number of nitrogens with zero attached hydrogens (tertiary/aromatic N) is 2. The van der Waals surface area contributed by atoms with Crippen molar-refractivity contribution < 1.29 is 9.84 Å². The van der Waals surface area contributed by atoms with E-state index in [0.717, 1.165) is 9.75 Å². The molecule has 2 aromatic carbocycles. The molecule has 1 atom stereocenters. The molecule has 0 aliphatic heterocycles. The molecule has 32 heavy (non-hydrogen) atoms. The summed E-state index contributed by atoms with van der Waals surface area (Å²) in [5, 5.41) is 14.5. The van der Waals surface area contributed by atoms with E-state index in [2.05, 4.69) is 9.98 Å². The topological polar surface area (TPSA) is 106 Å². The van der Waals surface area contributed by atoms with Crippen LogP contribution in [0.25, 0.3) is 0 Å². The molecule has 0 unspecified atom stereocenters. The first kappa shape index (κ1) is 21.8. The Morgan fingerprint density at radius 2 is 1.41 bits per heavy atom. The van der Waals surface area contributed by atoms with Gasteiger partial charge in [-0.1, -0.05) is 30.3 Å². The number of aliphatic hydroxyl groups is 1. The molecule has 0 amide bonds. The van der Waals surface area contributed by atoms with Crippen LogP contribution in [0.15, 0.2) is 93.5 Å². The van der Waals surface area contributed by atoms with Gasteiger partial charge in [0.2, 0.25) is 0 Å². The van der Waals surface area contributed by atoms with Crippen LogP contribution in [0.3, 0.4) is 0 Å². The fourth-order valence-electron chi connectivity index (χ4n) is 2.95. The second-order valence-electron chi connectivity index (χ2n) is 6.87. The van der Waals surface area contributed by atoms with Crippen molar-refractivity contribution in [3.05, 3.63) is 98.9 Å². The van der Waals surface area contributed by atoms with Gasteiger partial charge in [0.1, 0.15) is 30.1 Å². The average Bonchev–Trinajstić information content (AvgIpc) is 3.52. The summed E-state index contributed by atoms with van der Waals surface area (Å²) in [7, 11) is 0. The molecule has 0 aliphatic rings. The SMILES string of the molecule is NC(=Nc1cccc(OC[C@@H](O)c2cccc(N=C(N)c3cccs3)c2)c1)c1cccs1. The lowest BCUT2D eigenvalue weighted by Gasteiger charge is -2.13. The number of nitrogens with two attached hydrogens (primary N) is 2. The van der Waals surface area contributed by atoms with E-state index >= 15 is 0 Å². The Balaban J connectivity index is 1.41. The zero-order valence-corrected chi connectivity index (χ0v) is 18.7. The second kappa shape index (κ2) is 10.2. The van der Waals surface area contributed by atoms with Crippen molar-refractivity contribution in [1.29, 1.82) is 0 Å². The summed E-state index contributed by atoms with van der Waals surface area (Å²) in [4.78, 5) is 10.7. The summed E-state index contributed by atoms with van der Waals surface area (Å²) >= 11 is 3.06. The van der Waals surface area contributed by atoms with Crippen LogP contribution in [0, 0.1) is 0 Å². The minimum Gasteiger partial charge on any atom is -0.490 e. The van der Waals surface area contributed by atoms with E-state index in [1.807, 2.05) is 71.4 Å². The number of benzene rings is 2. The van der Waals surface area contributed by atoms with Crippen molar-refractivity contribution in [2.45, 2.75) is 6.10 Å². The van der Waals surface area contributed by atoms with Gasteiger partial charge in [-0.25, -0.2) is 9.98 Å². The third kappa shape index (κ3) is 5.61. The molecule has 0 saturated carbocycles. The van der Waals surface area contributed by atoms with Gasteiger partial charge in [-0.3, -0.25) is 0 Å². The number of aliphatic imine (C=N–C) groups is 2. The predicted molar refractivity (Wildman–Crippen MR) is 133 cm³/mol. The smallest absolute Gasteiger partial charge is 0.141 e. The molecule has 162 valence electrons. The number of amidine groups is 2. The van der Waals surface area contributed by atoms with Crippen LogP contribution in [-0.2, 0) is 0 Å². The summed E-state index contributed by atoms with van der Waals surface area (Å²) in [6, 6.07) is 22.3. The molecular formula is C24H22N4O2S2. The summed E-state index contributed by atoms with van der Waals surface area (Å²) in [6.45, 7) is 0.0845. The fourth-order valence-corrected chi connectivity index (χ4v) is 4.21. The van der Waals surface area contributed by atoms with Crippen LogP contribution >= 0.6 is 22.7 Å². The molecular weight excluding hydrogens is 440 g/mol. The van der Waals surface area contributed by atoms with Crippen molar-refractivity contribution in [1.82, 2.24) is 0 Å². The van der Waals surface area contributed by atoms with Crippen LogP contribution in [0.4, 0.5) is 11.4 Å². The predicted octanol–water partition coefficient (Wildman–Crippen LogP) is 5.00. The maximum absolute atomic E-state index is 10.6. The Morgan fingerprint density at radius 3 is 2.00 bits per heavy atom. The van der Waals surface area contributed by atoms with Gasteiger partial charge in [0.05, 0.1) is 21.1 Å². The maximum atomic E-state index is 10.6. The van der Waals surface area contributed by atoms with Crippen LogP contribution in [-0.4, -0.2) is 23.4 Å². The highest BCUT2D eigenvalue weighted by Gasteiger charge is 2.10. The molecule has 0 saturated heterocycles. The van der Waals surface area contributed by atoms with Gasteiger partial charge in [0.15, 0.2) is 0 Å². The number of thiophene rings is 2. The van der Waals surface area contributed by atoms with Crippen LogP contribution in [0.2, 0.25) is 0 Å². The standard InChI is InChI=1S/C24H22N4O2S2/c25-23(21-9-3-11-31-21)27-17-6-1-5-16(13-17)20(29)15-30-19-8-2-7-18(14-19)28-24(26)22-10-4-12-32-22/h1-14,20,29H,15H2,(H2,25,27)(H2,26,28)/t20-/m1/s1. The number of hydrogen-bond donors (Lipinski definition) is 3. The van der Waals surface area contributed by atoms with Gasteiger partial charge >= 0.3 is 0 Å². The van der Waals surface area contributed by atoms with E-state index in [0.29, 0.717) is 34.4 Å². The lowest BCUT2D eigenvalue weighted by Crippen LogP contribution is -2.11. The van der Waals surface area contributed by atoms with Crippen LogP contribution in [0.1, 0.15) is 21.4 Å². The molecule has 0 radical (unpaired) electrons. The van der Waals surface area contributed by atoms with E-state index < -0.39 is 6.10 Å². The van der Waals surface area contributed by atoms with E-state index in [1.165, 1.54) is 22.7 Å². The zero-order chi connectivity index (χ0) is 22.3. The van der Waals surface area contributed by atoms with Crippen LogP contribution in [0.5, 0.6) is 5.75 Å². The fraction of sp³-hybridized carbons (Fsp3) is 0.0833. The Labute approximate surface area is 194 Å². The Hall–Kier alpha value is -3.46. The van der Waals surface area contributed by atoms with E-state index in [1.54, 1.807) is 12.1 Å². The highest BCUT2D eigenvalue weighted by atomic mass is 32.1. The molecule has 2 aromatic heterocycles. The number of rotatable bonds is 8. The van der Waals surface area contributed by atoms with Gasteiger partial charge in [0.25, 0.3) is 0 Å². The molecule has 2 heterocycles. The molecule has 8 heteroatoms. The minimum atomic E-state index is -0.823. The number of aliphatic hydroxyl groups excluding tert-OH is 1. The van der Waals surface area contributed by atoms with Gasteiger partial charge in [-0.05, 0) is 52.7 Å². The largest absolute Gasteiger partial charge is 0.490 e. The van der Waals surface area contributed by atoms with Crippen molar-refractivity contribution in [3.8, 4) is 5.75 Å². The molecule has 0 bridgehead atoms. The lowest BCUT2D eigenvalue weighted by molar-refractivity contribution is 0.108. The maximum Gasteiger partial charge on any atom is 0.141 e. The summed E-state index contributed by atoms with van der Waals surface area (Å²) in [6.07, 6.45) is -0.823. The summed E-state index contributed by atoms with van der Waals surface area (Å²) < 4.78 is 5.80. The van der Waals surface area contributed by atoms with Crippen molar-refractivity contribution in [2.75, 3.05) is 6.61 Å². The van der Waals surface area contributed by atoms with Crippen molar-refractivity contribution in [2.24, 2.45) is 21.5 Å². The Bertz CT molecular complexity index is 1220. The third-order valence-electron chi connectivity index (χ3n) is 4.53. The summed E-state index contributed by atoms with van der Waals surface area (Å²) in [5.74, 6) is 1.50. The lowest BCUT2D eigenvalue weighted by atomic mass is 10.1. The molecule has 4 rings (SSSR count). The first-order valence-corrected chi connectivity index (χ1v) is 11.6. The Kier molecular flexibility index (Phi) is 6.96. The van der Waals surface area contributed by atoms with Crippen molar-refractivity contribution in [3.63, 3.8) is 0 Å². The highest BCUT2D eigenvalue weighted by Crippen LogP contribution is 2.24. The number of hydrogen-bond acceptors (Lipinski definition) is 6. The molecule has 4 aromatic rings. The normalized spacial score (nSPS) is 13.2. The van der Waals surface area contributed by atoms with E-state index in [9.17, 15) is 5.11 Å². The highest BCUT2D eigenvalue weighted by molar-refractivity contribution is 7.12. The van der Waals surface area contributed by atoms with E-state index in [-0.39, 0.29) is 6.61 Å². The van der Waals surface area contributed by atoms with Crippen molar-refractivity contribution >= 4 is 45.7 Å². The molecule has 0 fully saturated rings. The first-order chi connectivity index (χ1) is 15.6. The third-order valence-corrected chi connectivity index (χ3v) is 6.31. The number of ether oxygens (including phenoxy) is 1. The molecule has 0 aliphatic carbocycles.